The normalized spacial score (nSPS) is 20.4. The molecule has 13 heteroatoms. The minimum absolute atomic E-state index is 0.366. The highest BCUT2D eigenvalue weighted by Crippen LogP contribution is 2.54. The molecule has 0 saturated carbocycles. The van der Waals surface area contributed by atoms with E-state index in [9.17, 15) is 32.3 Å². The zero-order valence-electron chi connectivity index (χ0n) is 20.3. The van der Waals surface area contributed by atoms with Crippen LogP contribution in [0.4, 0.5) is 24.5 Å². The molecule has 4 aromatic rings. The van der Waals surface area contributed by atoms with Crippen LogP contribution in [0.25, 0.3) is 0 Å². The maximum atomic E-state index is 13.7. The highest BCUT2D eigenvalue weighted by Gasteiger charge is 2.57. The van der Waals surface area contributed by atoms with Crippen LogP contribution >= 0.6 is 34.4 Å². The van der Waals surface area contributed by atoms with E-state index < -0.39 is 57.7 Å². The Hall–Kier alpha value is -3.68. The van der Waals surface area contributed by atoms with E-state index in [4.69, 9.17) is 0 Å². The van der Waals surface area contributed by atoms with Gasteiger partial charge in [0.2, 0.25) is 17.7 Å². The van der Waals surface area contributed by atoms with Crippen molar-refractivity contribution in [2.24, 2.45) is 5.92 Å². The third-order valence-electron chi connectivity index (χ3n) is 6.72. The number of para-hydroxylation sites is 2. The van der Waals surface area contributed by atoms with Gasteiger partial charge in [-0.2, -0.15) is 13.2 Å². The van der Waals surface area contributed by atoms with Gasteiger partial charge in [0, 0.05) is 15.7 Å². The lowest BCUT2D eigenvalue weighted by molar-refractivity contribution is -0.137. The van der Waals surface area contributed by atoms with Crippen LogP contribution in [-0.4, -0.2) is 27.5 Å². The molecule has 3 amide bonds. The third kappa shape index (κ3) is 4.47. The Labute approximate surface area is 237 Å². The second kappa shape index (κ2) is 10.1. The zero-order valence-corrected chi connectivity index (χ0v) is 22.7. The summed E-state index contributed by atoms with van der Waals surface area (Å²) in [6, 6.07) is 16.8. The molecule has 0 radical (unpaired) electrons. The van der Waals surface area contributed by atoms with Crippen LogP contribution in [0.5, 0.6) is 0 Å². The first-order chi connectivity index (χ1) is 19.1. The predicted octanol–water partition coefficient (Wildman–Crippen LogP) is 5.42. The molecule has 1 fully saturated rings. The average Bonchev–Trinajstić information content (AvgIpc) is 3.62. The summed E-state index contributed by atoms with van der Waals surface area (Å²) in [4.78, 5) is 55.4. The summed E-state index contributed by atoms with van der Waals surface area (Å²) >= 11 is 3.32. The van der Waals surface area contributed by atoms with Gasteiger partial charge in [0.05, 0.1) is 27.9 Å². The number of thiophene rings is 1. The Morgan fingerprint density at radius 1 is 0.925 bits per heavy atom. The second-order valence-electron chi connectivity index (χ2n) is 9.12. The molecule has 1 N–H and O–H groups in total. The number of hydrogen-bond donors (Lipinski definition) is 1. The van der Waals surface area contributed by atoms with Crippen LogP contribution in [0.1, 0.15) is 21.2 Å². The predicted molar refractivity (Wildman–Crippen MR) is 147 cm³/mol. The molecule has 40 heavy (non-hydrogen) atoms. The summed E-state index contributed by atoms with van der Waals surface area (Å²) in [6.07, 6.45) is -4.68. The summed E-state index contributed by atoms with van der Waals surface area (Å²) < 4.78 is 41.4. The zero-order chi connectivity index (χ0) is 28.2. The Bertz CT molecular complexity index is 1680. The van der Waals surface area contributed by atoms with Crippen molar-refractivity contribution in [2.45, 2.75) is 28.9 Å². The van der Waals surface area contributed by atoms with E-state index >= 15 is 0 Å². The maximum Gasteiger partial charge on any atom is 0.418 e. The minimum Gasteiger partial charge on any atom is -0.324 e. The lowest BCUT2D eigenvalue weighted by atomic mass is 9.87. The largest absolute Gasteiger partial charge is 0.418 e. The number of nitrogens with zero attached hydrogens (tertiary/aromatic N) is 2. The van der Waals surface area contributed by atoms with E-state index in [1.54, 1.807) is 30.3 Å². The van der Waals surface area contributed by atoms with Gasteiger partial charge in [-0.3, -0.25) is 23.7 Å². The lowest BCUT2D eigenvalue weighted by Crippen LogP contribution is -2.32. The van der Waals surface area contributed by atoms with E-state index in [2.05, 4.69) is 5.32 Å². The van der Waals surface area contributed by atoms with Crippen molar-refractivity contribution in [3.63, 3.8) is 0 Å². The molecule has 3 unspecified atom stereocenters. The first kappa shape index (κ1) is 26.5. The fourth-order valence-electron chi connectivity index (χ4n) is 5.03. The molecule has 2 aromatic heterocycles. The molecule has 2 aliphatic rings. The monoisotopic (exact) mass is 601 g/mol. The quantitative estimate of drug-likeness (QED) is 0.309. The highest BCUT2D eigenvalue weighted by atomic mass is 32.2. The summed E-state index contributed by atoms with van der Waals surface area (Å²) in [5, 5.41) is 3.63. The molecular formula is C27H18F3N3O4S3. The number of aromatic nitrogens is 1. The molecule has 4 heterocycles. The first-order valence-electron chi connectivity index (χ1n) is 12.0. The molecule has 7 nitrogen and oxygen atoms in total. The third-order valence-corrected chi connectivity index (χ3v) is 10.3. The fraction of sp³-hybridized carbons (Fsp3) is 0.185. The Morgan fingerprint density at radius 3 is 2.35 bits per heavy atom. The number of thioether (sulfide) groups is 1. The average molecular weight is 602 g/mol. The van der Waals surface area contributed by atoms with Crippen molar-refractivity contribution in [3.8, 4) is 0 Å². The van der Waals surface area contributed by atoms with Crippen molar-refractivity contribution in [1.29, 1.82) is 0 Å². The molecule has 3 atom stereocenters. The molecule has 1 saturated heterocycles. The number of rotatable bonds is 5. The summed E-state index contributed by atoms with van der Waals surface area (Å²) in [5.74, 6) is -2.96. The van der Waals surface area contributed by atoms with Crippen LogP contribution in [-0.2, 0) is 27.1 Å². The topological polar surface area (TPSA) is 88.5 Å². The Balaban J connectivity index is 1.37. The van der Waals surface area contributed by atoms with E-state index in [1.807, 2.05) is 17.5 Å². The van der Waals surface area contributed by atoms with Crippen LogP contribution in [0.3, 0.4) is 0 Å². The number of fused-ring (bicyclic) bond motifs is 2. The highest BCUT2D eigenvalue weighted by molar-refractivity contribution is 8.00. The number of amides is 3. The van der Waals surface area contributed by atoms with Crippen molar-refractivity contribution < 1.29 is 27.6 Å². The molecule has 204 valence electrons. The number of hydrogen-bond acceptors (Lipinski definition) is 7. The summed E-state index contributed by atoms with van der Waals surface area (Å²) in [5.41, 5.74) is -0.980. The van der Waals surface area contributed by atoms with E-state index in [0.29, 0.717) is 15.6 Å². The number of alkyl halides is 3. The molecule has 6 rings (SSSR count). The Morgan fingerprint density at radius 2 is 1.65 bits per heavy atom. The van der Waals surface area contributed by atoms with Crippen molar-refractivity contribution >= 4 is 63.5 Å². The Kier molecular flexibility index (Phi) is 6.67. The van der Waals surface area contributed by atoms with Gasteiger partial charge in [-0.05, 0) is 35.7 Å². The van der Waals surface area contributed by atoms with E-state index in [1.165, 1.54) is 32.9 Å². The number of imide groups is 1. The van der Waals surface area contributed by atoms with Gasteiger partial charge in [0.25, 0.3) is 0 Å². The first-order valence-corrected chi connectivity index (χ1v) is 14.5. The van der Waals surface area contributed by atoms with Gasteiger partial charge in [-0.15, -0.1) is 11.3 Å². The molecule has 2 aliphatic heterocycles. The number of carbonyl (C=O) groups is 3. The van der Waals surface area contributed by atoms with E-state index in [-0.39, 0.29) is 5.91 Å². The van der Waals surface area contributed by atoms with Crippen LogP contribution in [0, 0.1) is 5.92 Å². The lowest BCUT2D eigenvalue weighted by Gasteiger charge is -2.29. The van der Waals surface area contributed by atoms with E-state index in [0.717, 1.165) is 40.1 Å². The summed E-state index contributed by atoms with van der Waals surface area (Å²) in [7, 11) is 0. The molecular weight excluding hydrogens is 584 g/mol. The minimum atomic E-state index is -4.68. The molecule has 0 aliphatic carbocycles. The van der Waals surface area contributed by atoms with Crippen LogP contribution in [0.15, 0.2) is 81.9 Å². The van der Waals surface area contributed by atoms with Gasteiger partial charge in [-0.1, -0.05) is 59.5 Å². The SMILES string of the molecule is O=C(Cn1c2c(sc1=O)C(c1cccs1)C1C(=O)N(c3ccccc3)C(=O)C1S2)Nc1ccccc1C(F)(F)F. The van der Waals surface area contributed by atoms with Gasteiger partial charge < -0.3 is 5.32 Å². The number of thiazole rings is 1. The smallest absolute Gasteiger partial charge is 0.324 e. The number of anilines is 2. The van der Waals surface area contributed by atoms with Crippen LogP contribution in [0.2, 0.25) is 0 Å². The van der Waals surface area contributed by atoms with Gasteiger partial charge in [-0.25, -0.2) is 4.90 Å². The van der Waals surface area contributed by atoms with Gasteiger partial charge >= 0.3 is 11.0 Å². The van der Waals surface area contributed by atoms with Crippen molar-refractivity contribution in [3.05, 3.63) is 97.1 Å². The van der Waals surface area contributed by atoms with Crippen molar-refractivity contribution in [2.75, 3.05) is 10.2 Å². The molecule has 0 bridgehead atoms. The molecule has 0 spiro atoms. The number of carbonyl (C=O) groups excluding carboxylic acids is 3. The maximum absolute atomic E-state index is 13.7. The standard InChI is InChI=1S/C27H18F3N3O4S3/c28-27(29,30)15-9-4-5-10-16(15)31-18(34)13-32-25-22(40-26(32)37)19(17-11-6-12-38-17)20-21(39-25)24(36)33(23(20)35)14-7-2-1-3-8-14/h1-12,19-21H,13H2,(H,31,34). The number of benzene rings is 2. The fourth-order valence-corrected chi connectivity index (χ4v) is 8.76. The van der Waals surface area contributed by atoms with Crippen LogP contribution < -0.4 is 15.1 Å². The van der Waals surface area contributed by atoms with Crippen molar-refractivity contribution in [1.82, 2.24) is 4.57 Å². The van der Waals surface area contributed by atoms with Gasteiger partial charge in [0.1, 0.15) is 11.8 Å². The summed E-state index contributed by atoms with van der Waals surface area (Å²) in [6.45, 7) is -0.553. The molecule has 2 aromatic carbocycles. The number of halogens is 3. The second-order valence-corrected chi connectivity index (χ2v) is 12.2. The number of nitrogens with one attached hydrogen (secondary N) is 1. The van der Waals surface area contributed by atoms with Gasteiger partial charge in [0.15, 0.2) is 0 Å².